The lowest BCUT2D eigenvalue weighted by Crippen LogP contribution is -2.32. The summed E-state index contributed by atoms with van der Waals surface area (Å²) >= 11 is 0. The van der Waals surface area contributed by atoms with Crippen molar-refractivity contribution in [3.05, 3.63) is 29.8 Å². The highest BCUT2D eigenvalue weighted by atomic mass is 16.5. The van der Waals surface area contributed by atoms with E-state index in [1.807, 2.05) is 6.92 Å². The maximum atomic E-state index is 12.0. The summed E-state index contributed by atoms with van der Waals surface area (Å²) < 4.78 is 10.2. The molecule has 25 heavy (non-hydrogen) atoms. The average Bonchev–Trinajstić information content (AvgIpc) is 2.92. The lowest BCUT2D eigenvalue weighted by molar-refractivity contribution is -0.142. The third kappa shape index (κ3) is 5.30. The number of imide groups is 1. The van der Waals surface area contributed by atoms with Crippen molar-refractivity contribution in [1.82, 2.24) is 10.2 Å². The second-order valence-corrected chi connectivity index (χ2v) is 5.35. The Kier molecular flexibility index (Phi) is 6.50. The van der Waals surface area contributed by atoms with Gasteiger partial charge >= 0.3 is 12.0 Å². The predicted octanol–water partition coefficient (Wildman–Crippen LogP) is 1.14. The molecule has 0 aliphatic carbocycles. The highest BCUT2D eigenvalue weighted by molar-refractivity contribution is 6.02. The van der Waals surface area contributed by atoms with Gasteiger partial charge in [0.2, 0.25) is 5.91 Å². The molecule has 0 saturated carbocycles. The number of hydrogen-bond acceptors (Lipinski definition) is 6. The third-order valence-corrected chi connectivity index (χ3v) is 3.55. The average molecular weight is 348 g/mol. The number of rotatable bonds is 9. The summed E-state index contributed by atoms with van der Waals surface area (Å²) in [6.45, 7) is 2.18. The molecular formula is C17H20N2O6. The normalized spacial score (nSPS) is 13.6. The van der Waals surface area contributed by atoms with Crippen molar-refractivity contribution >= 4 is 23.7 Å². The zero-order chi connectivity index (χ0) is 18.2. The van der Waals surface area contributed by atoms with Gasteiger partial charge in [-0.05, 0) is 37.6 Å². The Labute approximate surface area is 145 Å². The van der Waals surface area contributed by atoms with E-state index in [-0.39, 0.29) is 44.2 Å². The zero-order valence-corrected chi connectivity index (χ0v) is 13.9. The van der Waals surface area contributed by atoms with E-state index in [9.17, 15) is 19.2 Å². The van der Waals surface area contributed by atoms with Crippen molar-refractivity contribution in [2.45, 2.75) is 19.8 Å². The minimum Gasteiger partial charge on any atom is -0.494 e. The molecule has 0 aromatic heterocycles. The van der Waals surface area contributed by atoms with Crippen LogP contribution in [-0.2, 0) is 14.3 Å². The third-order valence-electron chi connectivity index (χ3n) is 3.55. The van der Waals surface area contributed by atoms with Gasteiger partial charge in [-0.25, -0.2) is 4.79 Å². The molecule has 1 N–H and O–H groups in total. The van der Waals surface area contributed by atoms with E-state index >= 15 is 0 Å². The molecular weight excluding hydrogens is 328 g/mol. The van der Waals surface area contributed by atoms with Gasteiger partial charge in [0.25, 0.3) is 0 Å². The van der Waals surface area contributed by atoms with E-state index in [1.54, 1.807) is 24.3 Å². The Balaban J connectivity index is 1.69. The maximum absolute atomic E-state index is 12.0. The van der Waals surface area contributed by atoms with E-state index in [2.05, 4.69) is 5.32 Å². The molecule has 8 heteroatoms. The number of urea groups is 1. The van der Waals surface area contributed by atoms with Crippen LogP contribution in [0.4, 0.5) is 4.79 Å². The van der Waals surface area contributed by atoms with Gasteiger partial charge in [0, 0.05) is 18.5 Å². The number of carbonyl (C=O) groups excluding carboxylic acids is 4. The van der Waals surface area contributed by atoms with Crippen LogP contribution in [0.15, 0.2) is 24.3 Å². The van der Waals surface area contributed by atoms with Crippen molar-refractivity contribution in [2.75, 3.05) is 26.3 Å². The molecule has 2 rings (SSSR count). The topological polar surface area (TPSA) is 102 Å². The first kappa shape index (κ1) is 18.4. The molecule has 134 valence electrons. The number of esters is 1. The van der Waals surface area contributed by atoms with Gasteiger partial charge in [-0.1, -0.05) is 0 Å². The van der Waals surface area contributed by atoms with Crippen LogP contribution in [0.25, 0.3) is 0 Å². The number of amides is 3. The highest BCUT2D eigenvalue weighted by Crippen LogP contribution is 2.12. The Morgan fingerprint density at radius 2 is 1.92 bits per heavy atom. The van der Waals surface area contributed by atoms with E-state index in [0.717, 1.165) is 4.90 Å². The van der Waals surface area contributed by atoms with Crippen LogP contribution >= 0.6 is 0 Å². The molecule has 1 fully saturated rings. The van der Waals surface area contributed by atoms with Crippen LogP contribution in [0.5, 0.6) is 5.75 Å². The van der Waals surface area contributed by atoms with Crippen LogP contribution in [0, 0.1) is 0 Å². The molecule has 0 radical (unpaired) electrons. The maximum Gasteiger partial charge on any atom is 0.324 e. The molecule has 1 aliphatic heterocycles. The van der Waals surface area contributed by atoms with Gasteiger partial charge in [-0.2, -0.15) is 0 Å². The van der Waals surface area contributed by atoms with Gasteiger partial charge in [0.1, 0.15) is 5.75 Å². The van der Waals surface area contributed by atoms with Crippen LogP contribution in [0.2, 0.25) is 0 Å². The Morgan fingerprint density at radius 3 is 2.52 bits per heavy atom. The van der Waals surface area contributed by atoms with Crippen LogP contribution in [0.1, 0.15) is 30.1 Å². The van der Waals surface area contributed by atoms with E-state index in [4.69, 9.17) is 9.47 Å². The molecule has 0 spiro atoms. The summed E-state index contributed by atoms with van der Waals surface area (Å²) in [6.07, 6.45) is 0.308. The van der Waals surface area contributed by atoms with Crippen LogP contribution in [0.3, 0.4) is 0 Å². The summed E-state index contributed by atoms with van der Waals surface area (Å²) in [7, 11) is 0. The molecule has 1 aromatic carbocycles. The number of Topliss-reactive ketones (excluding diaryl/α,β-unsaturated/α-hetero) is 1. The van der Waals surface area contributed by atoms with E-state index in [1.165, 1.54) is 0 Å². The molecule has 0 unspecified atom stereocenters. The number of benzene rings is 1. The van der Waals surface area contributed by atoms with Crippen LogP contribution in [-0.4, -0.2) is 54.9 Å². The number of carbonyl (C=O) groups is 4. The highest BCUT2D eigenvalue weighted by Gasteiger charge is 2.27. The predicted molar refractivity (Wildman–Crippen MR) is 87.2 cm³/mol. The Hall–Kier alpha value is -2.90. The zero-order valence-electron chi connectivity index (χ0n) is 13.9. The monoisotopic (exact) mass is 348 g/mol. The standard InChI is InChI=1S/C17H20N2O6/c1-2-24-13-7-5-12(6-8-13)14(20)11-25-16(22)4-3-9-19-15(21)10-18-17(19)23/h5-8H,2-4,9-11H2,1H3,(H,18,23). The largest absolute Gasteiger partial charge is 0.494 e. The second-order valence-electron chi connectivity index (χ2n) is 5.35. The number of ketones is 1. The summed E-state index contributed by atoms with van der Waals surface area (Å²) in [4.78, 5) is 47.4. The second kappa shape index (κ2) is 8.81. The summed E-state index contributed by atoms with van der Waals surface area (Å²) in [5.41, 5.74) is 0.426. The van der Waals surface area contributed by atoms with Crippen molar-refractivity contribution in [1.29, 1.82) is 0 Å². The summed E-state index contributed by atoms with van der Waals surface area (Å²) in [5, 5.41) is 2.40. The first-order valence-electron chi connectivity index (χ1n) is 8.01. The van der Waals surface area contributed by atoms with Crippen molar-refractivity contribution in [2.24, 2.45) is 0 Å². The number of nitrogens with one attached hydrogen (secondary N) is 1. The molecule has 8 nitrogen and oxygen atoms in total. The minimum atomic E-state index is -0.550. The number of ether oxygens (including phenoxy) is 2. The van der Waals surface area contributed by atoms with Gasteiger partial charge in [0.15, 0.2) is 12.4 Å². The molecule has 1 heterocycles. The molecule has 1 saturated heterocycles. The van der Waals surface area contributed by atoms with Gasteiger partial charge in [-0.15, -0.1) is 0 Å². The van der Waals surface area contributed by atoms with E-state index in [0.29, 0.717) is 17.9 Å². The molecule has 0 bridgehead atoms. The van der Waals surface area contributed by atoms with Gasteiger partial charge < -0.3 is 14.8 Å². The minimum absolute atomic E-state index is 0.0140. The van der Waals surface area contributed by atoms with E-state index < -0.39 is 12.0 Å². The number of hydrogen-bond donors (Lipinski definition) is 1. The smallest absolute Gasteiger partial charge is 0.324 e. The molecule has 1 aromatic rings. The first-order valence-corrected chi connectivity index (χ1v) is 8.01. The Bertz CT molecular complexity index is 640. The number of nitrogens with zero attached hydrogens (tertiary/aromatic N) is 1. The Morgan fingerprint density at radius 1 is 1.20 bits per heavy atom. The van der Waals surface area contributed by atoms with Gasteiger partial charge in [-0.3, -0.25) is 19.3 Å². The molecule has 3 amide bonds. The van der Waals surface area contributed by atoms with Crippen molar-refractivity contribution < 1.29 is 28.7 Å². The fourth-order valence-corrected chi connectivity index (χ4v) is 2.27. The fraction of sp³-hybridized carbons (Fsp3) is 0.412. The van der Waals surface area contributed by atoms with Gasteiger partial charge in [0.05, 0.1) is 13.2 Å². The van der Waals surface area contributed by atoms with Crippen LogP contribution < -0.4 is 10.1 Å². The summed E-state index contributed by atoms with van der Waals surface area (Å²) in [6, 6.07) is 6.12. The fourth-order valence-electron chi connectivity index (χ4n) is 2.27. The molecule has 0 atom stereocenters. The SMILES string of the molecule is CCOc1ccc(C(=O)COC(=O)CCCN2C(=O)CNC2=O)cc1. The van der Waals surface area contributed by atoms with Crippen molar-refractivity contribution in [3.8, 4) is 5.75 Å². The van der Waals surface area contributed by atoms with Crippen molar-refractivity contribution in [3.63, 3.8) is 0 Å². The first-order chi connectivity index (χ1) is 12.0. The lowest BCUT2D eigenvalue weighted by Gasteiger charge is -2.11. The summed E-state index contributed by atoms with van der Waals surface area (Å²) in [5.74, 6) is -0.516. The lowest BCUT2D eigenvalue weighted by atomic mass is 10.1. The quantitative estimate of drug-likeness (QED) is 0.408. The molecule has 1 aliphatic rings.